The highest BCUT2D eigenvalue weighted by Gasteiger charge is 2.46. The van der Waals surface area contributed by atoms with Crippen LogP contribution in [0.3, 0.4) is 0 Å². The summed E-state index contributed by atoms with van der Waals surface area (Å²) in [6.45, 7) is 0. The summed E-state index contributed by atoms with van der Waals surface area (Å²) in [5.74, 6) is 0.650. The molecule has 0 spiro atoms. The van der Waals surface area contributed by atoms with Crippen molar-refractivity contribution < 1.29 is 0 Å². The van der Waals surface area contributed by atoms with E-state index in [1.165, 1.54) is 75.5 Å². The first kappa shape index (κ1) is 34.2. The van der Waals surface area contributed by atoms with Gasteiger partial charge in [0.15, 0.2) is 0 Å². The SMILES string of the molecule is c1ccc(C2(c3ccc4c5ccccc5n(-c5nc(-c6ccc(-c7cccc8c7sc7ccccc78)cc6)c6ccccc6n5)c4c3)c3ccccc3-c3ccccc32)cc1. The molecule has 61 heavy (non-hydrogen) atoms. The van der Waals surface area contributed by atoms with Crippen molar-refractivity contribution in [3.8, 4) is 39.5 Å². The van der Waals surface area contributed by atoms with E-state index < -0.39 is 5.41 Å². The summed E-state index contributed by atoms with van der Waals surface area (Å²) in [6.07, 6.45) is 0. The standard InChI is InChI=1S/C57H35N3S/c1-2-15-38(16-3-1)57(48-24-9-4-17-41(48)42-18-5-10-25-49(42)57)39-33-34-44-43-19-7-12-27-51(43)60(52(44)35-39)56-58-50-26-11-6-21-47(50)54(59-56)37-31-29-36(30-32-37)40-22-14-23-46-45-20-8-13-28-53(45)61-55(40)46/h1-35H. The number of hydrogen-bond acceptors (Lipinski definition) is 3. The molecule has 0 atom stereocenters. The van der Waals surface area contributed by atoms with Crippen molar-refractivity contribution in [1.29, 1.82) is 0 Å². The molecule has 9 aromatic carbocycles. The van der Waals surface area contributed by atoms with Crippen LogP contribution in [0.1, 0.15) is 22.3 Å². The summed E-state index contributed by atoms with van der Waals surface area (Å²) in [7, 11) is 0. The van der Waals surface area contributed by atoms with Crippen LogP contribution in [0.2, 0.25) is 0 Å². The first-order chi connectivity index (χ1) is 30.3. The maximum absolute atomic E-state index is 5.52. The number of rotatable bonds is 5. The van der Waals surface area contributed by atoms with Crippen LogP contribution in [-0.4, -0.2) is 14.5 Å². The first-order valence-corrected chi connectivity index (χ1v) is 21.6. The molecule has 0 N–H and O–H groups in total. The minimum absolute atomic E-state index is 0.527. The number of nitrogens with zero attached hydrogens (tertiary/aromatic N) is 3. The van der Waals surface area contributed by atoms with Crippen molar-refractivity contribution in [2.75, 3.05) is 0 Å². The van der Waals surface area contributed by atoms with Gasteiger partial charge in [-0.05, 0) is 68.8 Å². The van der Waals surface area contributed by atoms with Gasteiger partial charge in [0, 0.05) is 41.9 Å². The summed E-state index contributed by atoms with van der Waals surface area (Å²) in [4.78, 5) is 10.9. The van der Waals surface area contributed by atoms with Gasteiger partial charge in [0.25, 0.3) is 0 Å². The van der Waals surface area contributed by atoms with Gasteiger partial charge in [0.1, 0.15) is 0 Å². The van der Waals surface area contributed by atoms with E-state index in [4.69, 9.17) is 9.97 Å². The van der Waals surface area contributed by atoms with Crippen LogP contribution < -0.4 is 0 Å². The monoisotopic (exact) mass is 793 g/mol. The smallest absolute Gasteiger partial charge is 0.235 e. The molecule has 0 bridgehead atoms. The average molecular weight is 794 g/mol. The molecule has 12 aromatic rings. The van der Waals surface area contributed by atoms with E-state index in [1.807, 2.05) is 11.3 Å². The van der Waals surface area contributed by atoms with Gasteiger partial charge in [0.05, 0.1) is 27.7 Å². The second-order valence-electron chi connectivity index (χ2n) is 16.0. The molecule has 284 valence electrons. The van der Waals surface area contributed by atoms with E-state index in [0.29, 0.717) is 5.95 Å². The third kappa shape index (κ3) is 4.91. The molecule has 0 saturated heterocycles. The predicted molar refractivity (Wildman–Crippen MR) is 255 cm³/mol. The Balaban J connectivity index is 1.03. The molecule has 3 nitrogen and oxygen atoms in total. The summed E-state index contributed by atoms with van der Waals surface area (Å²) < 4.78 is 4.91. The number of thiophene rings is 1. The molecule has 0 unspecified atom stereocenters. The maximum atomic E-state index is 5.52. The van der Waals surface area contributed by atoms with Crippen molar-refractivity contribution in [2.24, 2.45) is 0 Å². The van der Waals surface area contributed by atoms with Gasteiger partial charge in [-0.3, -0.25) is 4.57 Å². The molecule has 4 heteroatoms. The van der Waals surface area contributed by atoms with Gasteiger partial charge in [-0.1, -0.05) is 188 Å². The number of para-hydroxylation sites is 2. The van der Waals surface area contributed by atoms with Crippen molar-refractivity contribution in [1.82, 2.24) is 14.5 Å². The van der Waals surface area contributed by atoms with E-state index in [1.54, 1.807) is 0 Å². The van der Waals surface area contributed by atoms with Gasteiger partial charge in [-0.2, -0.15) is 0 Å². The number of fused-ring (bicyclic) bond motifs is 10. The Morgan fingerprint density at radius 1 is 0.393 bits per heavy atom. The number of hydrogen-bond donors (Lipinski definition) is 0. The minimum atomic E-state index is -0.527. The summed E-state index contributed by atoms with van der Waals surface area (Å²) in [5.41, 5.74) is 14.5. The van der Waals surface area contributed by atoms with E-state index in [0.717, 1.165) is 33.2 Å². The fourth-order valence-electron chi connectivity index (χ4n) is 10.3. The van der Waals surface area contributed by atoms with Crippen LogP contribution in [0.5, 0.6) is 0 Å². The van der Waals surface area contributed by atoms with Crippen LogP contribution in [0, 0.1) is 0 Å². The zero-order valence-electron chi connectivity index (χ0n) is 33.0. The third-order valence-corrected chi connectivity index (χ3v) is 14.2. The molecular formula is C57H35N3S. The van der Waals surface area contributed by atoms with E-state index in [9.17, 15) is 0 Å². The van der Waals surface area contributed by atoms with Gasteiger partial charge in [0.2, 0.25) is 5.95 Å². The van der Waals surface area contributed by atoms with Crippen LogP contribution in [0.15, 0.2) is 212 Å². The maximum Gasteiger partial charge on any atom is 0.235 e. The second-order valence-corrected chi connectivity index (χ2v) is 17.1. The molecule has 0 fully saturated rings. The molecule has 3 heterocycles. The fraction of sp³-hybridized carbons (Fsp3) is 0.0175. The lowest BCUT2D eigenvalue weighted by atomic mass is 9.67. The highest BCUT2D eigenvalue weighted by Crippen LogP contribution is 2.56. The molecule has 13 rings (SSSR count). The van der Waals surface area contributed by atoms with Crippen molar-refractivity contribution in [2.45, 2.75) is 5.41 Å². The van der Waals surface area contributed by atoms with Crippen LogP contribution in [-0.2, 0) is 5.41 Å². The summed E-state index contributed by atoms with van der Waals surface area (Å²) >= 11 is 1.86. The number of benzene rings is 9. The first-order valence-electron chi connectivity index (χ1n) is 20.8. The highest BCUT2D eigenvalue weighted by molar-refractivity contribution is 7.26. The van der Waals surface area contributed by atoms with E-state index >= 15 is 0 Å². The number of aromatic nitrogens is 3. The molecule has 0 amide bonds. The topological polar surface area (TPSA) is 30.7 Å². The van der Waals surface area contributed by atoms with Gasteiger partial charge >= 0.3 is 0 Å². The van der Waals surface area contributed by atoms with Crippen molar-refractivity contribution in [3.63, 3.8) is 0 Å². The zero-order valence-corrected chi connectivity index (χ0v) is 33.8. The van der Waals surface area contributed by atoms with Crippen LogP contribution in [0.25, 0.3) is 92.3 Å². The molecule has 1 aliphatic rings. The quantitative estimate of drug-likeness (QED) is 0.174. The second kappa shape index (κ2) is 13.2. The third-order valence-electron chi connectivity index (χ3n) is 12.9. The van der Waals surface area contributed by atoms with Gasteiger partial charge < -0.3 is 0 Å². The molecule has 0 aliphatic heterocycles. The van der Waals surface area contributed by atoms with Gasteiger partial charge in [-0.15, -0.1) is 11.3 Å². The molecule has 0 saturated carbocycles. The summed E-state index contributed by atoms with van der Waals surface area (Å²) in [6, 6.07) is 77.3. The lowest BCUT2D eigenvalue weighted by Crippen LogP contribution is -2.28. The Bertz CT molecular complexity index is 3660. The van der Waals surface area contributed by atoms with Gasteiger partial charge in [-0.25, -0.2) is 9.97 Å². The Labute approximate surface area is 356 Å². The Kier molecular flexibility index (Phi) is 7.39. The van der Waals surface area contributed by atoms with Crippen LogP contribution >= 0.6 is 11.3 Å². The Morgan fingerprint density at radius 2 is 1.00 bits per heavy atom. The van der Waals surface area contributed by atoms with E-state index in [2.05, 4.69) is 217 Å². The highest BCUT2D eigenvalue weighted by atomic mass is 32.1. The normalized spacial score (nSPS) is 13.0. The predicted octanol–water partition coefficient (Wildman–Crippen LogP) is 14.8. The summed E-state index contributed by atoms with van der Waals surface area (Å²) in [5, 5.41) is 5.97. The molecule has 1 aliphatic carbocycles. The molecule has 0 radical (unpaired) electrons. The van der Waals surface area contributed by atoms with Crippen molar-refractivity contribution >= 4 is 64.2 Å². The minimum Gasteiger partial charge on any atom is -0.278 e. The zero-order chi connectivity index (χ0) is 40.1. The van der Waals surface area contributed by atoms with Crippen molar-refractivity contribution in [3.05, 3.63) is 235 Å². The lowest BCUT2D eigenvalue weighted by molar-refractivity contribution is 0.769. The fourth-order valence-corrected chi connectivity index (χ4v) is 11.5. The Hall–Kier alpha value is -7.66. The lowest BCUT2D eigenvalue weighted by Gasteiger charge is -2.34. The van der Waals surface area contributed by atoms with E-state index in [-0.39, 0.29) is 0 Å². The Morgan fingerprint density at radius 3 is 1.80 bits per heavy atom. The molecule has 3 aromatic heterocycles. The average Bonchev–Trinajstić information content (AvgIpc) is 3.98. The van der Waals surface area contributed by atoms with Crippen LogP contribution in [0.4, 0.5) is 0 Å². The largest absolute Gasteiger partial charge is 0.278 e. The molecular weight excluding hydrogens is 759 g/mol.